The number of anilines is 1. The number of rotatable bonds is 2. The summed E-state index contributed by atoms with van der Waals surface area (Å²) in [6.07, 6.45) is 3.14. The van der Waals surface area contributed by atoms with Crippen LogP contribution in [0.2, 0.25) is 0 Å². The van der Waals surface area contributed by atoms with Crippen LogP contribution in [0.4, 0.5) is 5.69 Å². The third-order valence-corrected chi connectivity index (χ3v) is 3.78. The normalized spacial score (nSPS) is 16.2. The van der Waals surface area contributed by atoms with E-state index in [1.165, 1.54) is 0 Å². The Balaban J connectivity index is 1.61. The fraction of sp³-hybridized carbons (Fsp3) is 0.0556. The van der Waals surface area contributed by atoms with Gasteiger partial charge in [0.2, 0.25) is 0 Å². The molecule has 0 unspecified atom stereocenters. The molecule has 112 valence electrons. The number of carbonyl (C=O) groups excluding carboxylic acids is 1. The molecule has 1 aliphatic heterocycles. The summed E-state index contributed by atoms with van der Waals surface area (Å²) in [6, 6.07) is 17.2. The fourth-order valence-electron chi connectivity index (χ4n) is 2.60. The van der Waals surface area contributed by atoms with Gasteiger partial charge in [0.05, 0.1) is 5.56 Å². The highest BCUT2D eigenvalue weighted by Gasteiger charge is 2.24. The minimum Gasteiger partial charge on any atom is -0.361 e. The van der Waals surface area contributed by atoms with E-state index in [4.69, 9.17) is 0 Å². The minimum atomic E-state index is -0.331. The van der Waals surface area contributed by atoms with Gasteiger partial charge in [0.25, 0.3) is 5.91 Å². The molecule has 1 aromatic heterocycles. The van der Waals surface area contributed by atoms with E-state index in [1.807, 2.05) is 48.5 Å². The topological polar surface area (TPSA) is 66.9 Å². The van der Waals surface area contributed by atoms with Crippen molar-refractivity contribution in [2.45, 2.75) is 6.17 Å². The first kappa shape index (κ1) is 13.5. The molecule has 0 aliphatic carbocycles. The van der Waals surface area contributed by atoms with Crippen molar-refractivity contribution in [3.8, 4) is 11.4 Å². The highest BCUT2D eigenvalue weighted by molar-refractivity contribution is 6.01. The highest BCUT2D eigenvalue weighted by Crippen LogP contribution is 2.26. The third-order valence-electron chi connectivity index (χ3n) is 3.78. The van der Waals surface area contributed by atoms with E-state index >= 15 is 0 Å². The molecule has 5 nitrogen and oxygen atoms in total. The summed E-state index contributed by atoms with van der Waals surface area (Å²) in [4.78, 5) is 21.0. The predicted molar refractivity (Wildman–Crippen MR) is 87.7 cm³/mol. The lowest BCUT2D eigenvalue weighted by Crippen LogP contribution is -2.38. The lowest BCUT2D eigenvalue weighted by molar-refractivity contribution is 0.0935. The van der Waals surface area contributed by atoms with Crippen LogP contribution < -0.4 is 10.6 Å². The third kappa shape index (κ3) is 2.53. The monoisotopic (exact) mass is 302 g/mol. The van der Waals surface area contributed by atoms with Crippen LogP contribution in [0.3, 0.4) is 0 Å². The molecule has 5 heteroatoms. The zero-order valence-electron chi connectivity index (χ0n) is 12.2. The summed E-state index contributed by atoms with van der Waals surface area (Å²) in [5.74, 6) is 0.563. The summed E-state index contributed by atoms with van der Waals surface area (Å²) in [7, 11) is 0. The summed E-state index contributed by atoms with van der Waals surface area (Å²) >= 11 is 0. The van der Waals surface area contributed by atoms with Crippen molar-refractivity contribution in [3.05, 3.63) is 78.1 Å². The van der Waals surface area contributed by atoms with Crippen molar-refractivity contribution in [2.75, 3.05) is 5.32 Å². The molecular weight excluding hydrogens is 288 g/mol. The maximum Gasteiger partial charge on any atom is 0.255 e. The van der Waals surface area contributed by atoms with Crippen LogP contribution in [0, 0.1) is 0 Å². The molecule has 0 saturated carbocycles. The number of nitrogens with zero attached hydrogens (tertiary/aromatic N) is 2. The molecule has 2 heterocycles. The van der Waals surface area contributed by atoms with Crippen molar-refractivity contribution < 1.29 is 4.79 Å². The van der Waals surface area contributed by atoms with Crippen LogP contribution in [0.15, 0.2) is 67.0 Å². The molecule has 0 radical (unpaired) electrons. The number of carbonyl (C=O) groups is 1. The molecule has 0 saturated heterocycles. The number of nitrogens with one attached hydrogen (secondary N) is 2. The standard InChI is InChI=1S/C18H14N4O/c23-18-14-8-4-5-9-15(14)21-17(22-18)13-10-19-16(20-11-13)12-6-2-1-3-7-12/h1-11,17,21H,(H,22,23)/t17-/m1/s1. The first-order chi connectivity index (χ1) is 11.3. The van der Waals surface area contributed by atoms with E-state index in [0.717, 1.165) is 16.8 Å². The molecule has 0 bridgehead atoms. The van der Waals surface area contributed by atoms with Gasteiger partial charge in [-0.15, -0.1) is 0 Å². The number of fused-ring (bicyclic) bond motifs is 1. The van der Waals surface area contributed by atoms with E-state index in [2.05, 4.69) is 20.6 Å². The molecule has 1 atom stereocenters. The zero-order chi connectivity index (χ0) is 15.6. The molecule has 2 N–H and O–H groups in total. The molecule has 4 rings (SSSR count). The Kier molecular flexibility index (Phi) is 3.24. The van der Waals surface area contributed by atoms with Crippen molar-refractivity contribution in [2.24, 2.45) is 0 Å². The van der Waals surface area contributed by atoms with Crippen molar-refractivity contribution in [1.29, 1.82) is 0 Å². The molecule has 2 aromatic carbocycles. The van der Waals surface area contributed by atoms with E-state index in [0.29, 0.717) is 11.4 Å². The Hall–Kier alpha value is -3.21. The first-order valence-electron chi connectivity index (χ1n) is 7.35. The number of amides is 1. The van der Waals surface area contributed by atoms with Gasteiger partial charge in [-0.1, -0.05) is 42.5 Å². The van der Waals surface area contributed by atoms with Crippen molar-refractivity contribution in [3.63, 3.8) is 0 Å². The lowest BCUT2D eigenvalue weighted by Gasteiger charge is -2.27. The van der Waals surface area contributed by atoms with Gasteiger partial charge in [0.1, 0.15) is 6.17 Å². The lowest BCUT2D eigenvalue weighted by atomic mass is 10.1. The summed E-state index contributed by atoms with van der Waals surface area (Å²) in [6.45, 7) is 0. The van der Waals surface area contributed by atoms with E-state index < -0.39 is 0 Å². The van der Waals surface area contributed by atoms with Crippen molar-refractivity contribution in [1.82, 2.24) is 15.3 Å². The largest absolute Gasteiger partial charge is 0.361 e. The van der Waals surface area contributed by atoms with Crippen LogP contribution in [0.1, 0.15) is 22.1 Å². The number of hydrogen-bond donors (Lipinski definition) is 2. The van der Waals surface area contributed by atoms with E-state index in [9.17, 15) is 4.79 Å². The van der Waals surface area contributed by atoms with Gasteiger partial charge in [-0.05, 0) is 12.1 Å². The molecular formula is C18H14N4O. The zero-order valence-corrected chi connectivity index (χ0v) is 12.2. The SMILES string of the molecule is O=C1N[C@H](c2cnc(-c3ccccc3)nc2)Nc2ccccc21. The Labute approximate surface area is 133 Å². The fourth-order valence-corrected chi connectivity index (χ4v) is 2.60. The first-order valence-corrected chi connectivity index (χ1v) is 7.35. The van der Waals surface area contributed by atoms with E-state index in [-0.39, 0.29) is 12.1 Å². The highest BCUT2D eigenvalue weighted by atomic mass is 16.2. The second-order valence-corrected chi connectivity index (χ2v) is 5.30. The van der Waals surface area contributed by atoms with Crippen LogP contribution in [0.5, 0.6) is 0 Å². The quantitative estimate of drug-likeness (QED) is 0.763. The number of hydrogen-bond acceptors (Lipinski definition) is 4. The van der Waals surface area contributed by atoms with Gasteiger partial charge in [0, 0.05) is 29.2 Å². The molecule has 1 aliphatic rings. The van der Waals surface area contributed by atoms with E-state index in [1.54, 1.807) is 18.5 Å². The van der Waals surface area contributed by atoms with Crippen molar-refractivity contribution >= 4 is 11.6 Å². The molecule has 0 spiro atoms. The molecule has 0 fully saturated rings. The molecule has 1 amide bonds. The second kappa shape index (κ2) is 5.53. The van der Waals surface area contributed by atoms with Gasteiger partial charge >= 0.3 is 0 Å². The minimum absolute atomic E-state index is 0.100. The Bertz CT molecular complexity index is 846. The van der Waals surface area contributed by atoms with Crippen LogP contribution in [-0.2, 0) is 0 Å². The van der Waals surface area contributed by atoms with Crippen LogP contribution in [-0.4, -0.2) is 15.9 Å². The number of aromatic nitrogens is 2. The number of para-hydroxylation sites is 1. The van der Waals surface area contributed by atoms with Gasteiger partial charge in [-0.3, -0.25) is 4.79 Å². The van der Waals surface area contributed by atoms with Crippen LogP contribution >= 0.6 is 0 Å². The predicted octanol–water partition coefficient (Wildman–Crippen LogP) is 3.00. The summed E-state index contributed by atoms with van der Waals surface area (Å²) in [5, 5.41) is 6.21. The van der Waals surface area contributed by atoms with Gasteiger partial charge in [-0.2, -0.15) is 0 Å². The second-order valence-electron chi connectivity index (χ2n) is 5.30. The van der Waals surface area contributed by atoms with Gasteiger partial charge in [0.15, 0.2) is 5.82 Å². The Morgan fingerprint density at radius 2 is 1.52 bits per heavy atom. The summed E-state index contributed by atoms with van der Waals surface area (Å²) in [5.41, 5.74) is 3.23. The maximum atomic E-state index is 12.2. The smallest absolute Gasteiger partial charge is 0.255 e. The number of benzene rings is 2. The van der Waals surface area contributed by atoms with Gasteiger partial charge < -0.3 is 10.6 Å². The maximum absolute atomic E-state index is 12.2. The van der Waals surface area contributed by atoms with Gasteiger partial charge in [-0.25, -0.2) is 9.97 Å². The molecule has 23 heavy (non-hydrogen) atoms. The summed E-state index contributed by atoms with van der Waals surface area (Å²) < 4.78 is 0. The Morgan fingerprint density at radius 1 is 0.826 bits per heavy atom. The molecule has 3 aromatic rings. The average Bonchev–Trinajstić information content (AvgIpc) is 2.63. The Morgan fingerprint density at radius 3 is 2.30 bits per heavy atom. The van der Waals surface area contributed by atoms with Crippen LogP contribution in [0.25, 0.3) is 11.4 Å². The average molecular weight is 302 g/mol.